The molecule has 0 unspecified atom stereocenters. The highest BCUT2D eigenvalue weighted by molar-refractivity contribution is 7.97. The maximum absolute atomic E-state index is 4.35. The molecule has 1 aromatic carbocycles. The lowest BCUT2D eigenvalue weighted by Crippen LogP contribution is -1.96. The van der Waals surface area contributed by atoms with Gasteiger partial charge in [-0.25, -0.2) is 4.40 Å². The largest absolute Gasteiger partial charge is 0.221 e. The minimum absolute atomic E-state index is 0.991. The number of benzene rings is 1. The van der Waals surface area contributed by atoms with Crippen LogP contribution in [0.2, 0.25) is 0 Å². The standard InChI is InChI=1S/C10H13NS/c1-3-10(11-12-2)9-7-5-4-6-8-9/h4-8H,3H2,1-2H3. The van der Waals surface area contributed by atoms with Gasteiger partial charge in [0.25, 0.3) is 0 Å². The van der Waals surface area contributed by atoms with Crippen molar-refractivity contribution in [3.8, 4) is 0 Å². The van der Waals surface area contributed by atoms with Crippen molar-refractivity contribution in [3.05, 3.63) is 35.9 Å². The molecule has 0 saturated carbocycles. The van der Waals surface area contributed by atoms with Crippen molar-refractivity contribution in [3.63, 3.8) is 0 Å². The fraction of sp³-hybridized carbons (Fsp3) is 0.300. The van der Waals surface area contributed by atoms with Crippen molar-refractivity contribution in [2.24, 2.45) is 4.40 Å². The summed E-state index contributed by atoms with van der Waals surface area (Å²) >= 11 is 1.52. The number of nitrogens with zero attached hydrogens (tertiary/aromatic N) is 1. The lowest BCUT2D eigenvalue weighted by atomic mass is 10.1. The van der Waals surface area contributed by atoms with Crippen LogP contribution in [0.25, 0.3) is 0 Å². The van der Waals surface area contributed by atoms with Gasteiger partial charge in [0, 0.05) is 6.26 Å². The molecule has 1 nitrogen and oxygen atoms in total. The molecule has 1 aromatic rings. The molecule has 0 fully saturated rings. The summed E-state index contributed by atoms with van der Waals surface area (Å²) in [6, 6.07) is 10.3. The first kappa shape index (κ1) is 9.33. The minimum Gasteiger partial charge on any atom is -0.221 e. The van der Waals surface area contributed by atoms with Crippen LogP contribution in [-0.2, 0) is 0 Å². The van der Waals surface area contributed by atoms with Crippen LogP contribution in [0.1, 0.15) is 18.9 Å². The van der Waals surface area contributed by atoms with Crippen LogP contribution in [0.3, 0.4) is 0 Å². The highest BCUT2D eigenvalue weighted by Gasteiger charge is 1.97. The molecular weight excluding hydrogens is 166 g/mol. The van der Waals surface area contributed by atoms with Crippen LogP contribution in [0.5, 0.6) is 0 Å². The molecule has 12 heavy (non-hydrogen) atoms. The summed E-state index contributed by atoms with van der Waals surface area (Å²) in [6.07, 6.45) is 2.98. The maximum atomic E-state index is 4.35. The average molecular weight is 179 g/mol. The van der Waals surface area contributed by atoms with Crippen LogP contribution in [0.15, 0.2) is 34.7 Å². The van der Waals surface area contributed by atoms with E-state index in [9.17, 15) is 0 Å². The van der Waals surface area contributed by atoms with E-state index in [4.69, 9.17) is 0 Å². The SMILES string of the molecule is CCC(=NSC)c1ccccc1. The van der Waals surface area contributed by atoms with E-state index >= 15 is 0 Å². The van der Waals surface area contributed by atoms with E-state index in [0.29, 0.717) is 0 Å². The number of hydrogen-bond donors (Lipinski definition) is 0. The highest BCUT2D eigenvalue weighted by Crippen LogP contribution is 2.07. The summed E-state index contributed by atoms with van der Waals surface area (Å²) in [7, 11) is 0. The van der Waals surface area contributed by atoms with E-state index in [-0.39, 0.29) is 0 Å². The Kier molecular flexibility index (Phi) is 3.88. The van der Waals surface area contributed by atoms with Crippen molar-refractivity contribution < 1.29 is 0 Å². The molecule has 0 aromatic heterocycles. The van der Waals surface area contributed by atoms with Crippen LogP contribution in [0.4, 0.5) is 0 Å². The third-order valence-electron chi connectivity index (χ3n) is 1.64. The van der Waals surface area contributed by atoms with Gasteiger partial charge in [-0.3, -0.25) is 0 Å². The number of rotatable bonds is 3. The van der Waals surface area contributed by atoms with E-state index in [0.717, 1.165) is 6.42 Å². The molecule has 2 heteroatoms. The fourth-order valence-corrected chi connectivity index (χ4v) is 1.52. The molecule has 0 atom stereocenters. The Bertz CT molecular complexity index is 254. The van der Waals surface area contributed by atoms with Gasteiger partial charge in [0.05, 0.1) is 5.71 Å². The normalized spacial score (nSPS) is 11.7. The Morgan fingerprint density at radius 3 is 2.50 bits per heavy atom. The average Bonchev–Trinajstić information content (AvgIpc) is 2.15. The van der Waals surface area contributed by atoms with Crippen molar-refractivity contribution in [1.29, 1.82) is 0 Å². The van der Waals surface area contributed by atoms with Gasteiger partial charge in [0.1, 0.15) is 0 Å². The molecule has 64 valence electrons. The van der Waals surface area contributed by atoms with Gasteiger partial charge in [-0.2, -0.15) is 0 Å². The first-order valence-electron chi connectivity index (χ1n) is 4.04. The van der Waals surface area contributed by atoms with Crippen molar-refractivity contribution in [2.45, 2.75) is 13.3 Å². The van der Waals surface area contributed by atoms with E-state index in [1.54, 1.807) is 0 Å². The van der Waals surface area contributed by atoms with Crippen LogP contribution >= 0.6 is 11.9 Å². The Labute approximate surface area is 78.0 Å². The van der Waals surface area contributed by atoms with E-state index in [2.05, 4.69) is 23.5 Å². The zero-order chi connectivity index (χ0) is 8.81. The zero-order valence-electron chi connectivity index (χ0n) is 7.45. The summed E-state index contributed by atoms with van der Waals surface area (Å²) in [6.45, 7) is 2.13. The predicted octanol–water partition coefficient (Wildman–Crippen LogP) is 3.16. The second kappa shape index (κ2) is 4.99. The summed E-state index contributed by atoms with van der Waals surface area (Å²) < 4.78 is 4.35. The highest BCUT2D eigenvalue weighted by atomic mass is 32.2. The Morgan fingerprint density at radius 1 is 1.33 bits per heavy atom. The molecule has 0 amide bonds. The first-order valence-corrected chi connectivity index (χ1v) is 5.22. The van der Waals surface area contributed by atoms with Gasteiger partial charge in [-0.1, -0.05) is 37.3 Å². The Hall–Kier alpha value is -0.760. The van der Waals surface area contributed by atoms with Crippen molar-refractivity contribution in [2.75, 3.05) is 6.26 Å². The molecule has 0 saturated heterocycles. The molecule has 0 radical (unpaired) electrons. The predicted molar refractivity (Wildman–Crippen MR) is 56.8 cm³/mol. The van der Waals surface area contributed by atoms with Gasteiger partial charge >= 0.3 is 0 Å². The van der Waals surface area contributed by atoms with Crippen molar-refractivity contribution >= 4 is 17.7 Å². The summed E-state index contributed by atoms with van der Waals surface area (Å²) in [5, 5.41) is 0. The van der Waals surface area contributed by atoms with Gasteiger partial charge in [0.15, 0.2) is 0 Å². The van der Waals surface area contributed by atoms with Crippen LogP contribution < -0.4 is 0 Å². The molecule has 0 aliphatic heterocycles. The summed E-state index contributed by atoms with van der Waals surface area (Å²) in [5.74, 6) is 0. The summed E-state index contributed by atoms with van der Waals surface area (Å²) in [5.41, 5.74) is 2.40. The third kappa shape index (κ3) is 2.38. The van der Waals surface area contributed by atoms with E-state index in [1.807, 2.05) is 24.5 Å². The third-order valence-corrected chi connectivity index (χ3v) is 2.05. The van der Waals surface area contributed by atoms with E-state index < -0.39 is 0 Å². The molecule has 0 spiro atoms. The minimum atomic E-state index is 0.991. The monoisotopic (exact) mass is 179 g/mol. The zero-order valence-corrected chi connectivity index (χ0v) is 8.27. The molecule has 0 heterocycles. The lowest BCUT2D eigenvalue weighted by molar-refractivity contribution is 1.28. The second-order valence-electron chi connectivity index (χ2n) is 2.44. The van der Waals surface area contributed by atoms with Gasteiger partial charge in [0.2, 0.25) is 0 Å². The molecule has 0 N–H and O–H groups in total. The summed E-state index contributed by atoms with van der Waals surface area (Å²) in [4.78, 5) is 0. The topological polar surface area (TPSA) is 12.4 Å². The smallest absolute Gasteiger partial charge is 0.0556 e. The second-order valence-corrected chi connectivity index (χ2v) is 2.99. The number of hydrogen-bond acceptors (Lipinski definition) is 2. The fourth-order valence-electron chi connectivity index (χ4n) is 1.06. The maximum Gasteiger partial charge on any atom is 0.0556 e. The molecule has 0 bridgehead atoms. The Balaban J connectivity index is 2.88. The Morgan fingerprint density at radius 2 is 2.00 bits per heavy atom. The van der Waals surface area contributed by atoms with Crippen LogP contribution in [0, 0.1) is 0 Å². The van der Waals surface area contributed by atoms with Gasteiger partial charge < -0.3 is 0 Å². The lowest BCUT2D eigenvalue weighted by Gasteiger charge is -2.01. The van der Waals surface area contributed by atoms with Crippen LogP contribution in [-0.4, -0.2) is 12.0 Å². The first-order chi connectivity index (χ1) is 5.88. The quantitative estimate of drug-likeness (QED) is 0.513. The van der Waals surface area contributed by atoms with Gasteiger partial charge in [-0.05, 0) is 23.9 Å². The molecule has 0 aliphatic carbocycles. The molecular formula is C10H13NS. The molecule has 0 aliphatic rings. The molecule has 1 rings (SSSR count). The van der Waals surface area contributed by atoms with E-state index in [1.165, 1.54) is 23.2 Å². The van der Waals surface area contributed by atoms with Crippen molar-refractivity contribution in [1.82, 2.24) is 0 Å². The van der Waals surface area contributed by atoms with Gasteiger partial charge in [-0.15, -0.1) is 0 Å².